The lowest BCUT2D eigenvalue weighted by Gasteiger charge is -2.13. The Labute approximate surface area is 97.1 Å². The monoisotopic (exact) mass is 211 g/mol. The van der Waals surface area contributed by atoms with Crippen molar-refractivity contribution in [1.29, 1.82) is 0 Å². The first-order valence-corrected chi connectivity index (χ1v) is 5.72. The van der Waals surface area contributed by atoms with Gasteiger partial charge in [0.15, 0.2) is 0 Å². The Morgan fingerprint density at radius 3 is 2.38 bits per heavy atom. The molecule has 1 N–H and O–H groups in total. The van der Waals surface area contributed by atoms with Crippen LogP contribution in [0.25, 0.3) is 0 Å². The fourth-order valence-electron chi connectivity index (χ4n) is 1.87. The van der Waals surface area contributed by atoms with Gasteiger partial charge in [-0.15, -0.1) is 0 Å². The van der Waals surface area contributed by atoms with Crippen molar-refractivity contribution in [3.63, 3.8) is 0 Å². The second-order valence-electron chi connectivity index (χ2n) is 3.95. The van der Waals surface area contributed by atoms with Crippen LogP contribution in [-0.2, 0) is 6.42 Å². The summed E-state index contributed by atoms with van der Waals surface area (Å²) < 4.78 is 0. The van der Waals surface area contributed by atoms with E-state index in [1.807, 2.05) is 18.2 Å². The predicted molar refractivity (Wildman–Crippen MR) is 70.3 cm³/mol. The minimum atomic E-state index is 1.05. The van der Waals surface area contributed by atoms with Gasteiger partial charge in [0.25, 0.3) is 0 Å². The van der Waals surface area contributed by atoms with E-state index in [2.05, 4.69) is 49.5 Å². The molecule has 0 atom stereocenters. The molecular formula is C15H17N. The average molecular weight is 211 g/mol. The molecule has 16 heavy (non-hydrogen) atoms. The van der Waals surface area contributed by atoms with Crippen LogP contribution in [-0.4, -0.2) is 0 Å². The summed E-state index contributed by atoms with van der Waals surface area (Å²) in [5.74, 6) is 0. The molecule has 0 spiro atoms. The van der Waals surface area contributed by atoms with Gasteiger partial charge in [-0.3, -0.25) is 0 Å². The van der Waals surface area contributed by atoms with Gasteiger partial charge < -0.3 is 5.32 Å². The van der Waals surface area contributed by atoms with Gasteiger partial charge in [-0.1, -0.05) is 43.3 Å². The normalized spacial score (nSPS) is 10.1. The van der Waals surface area contributed by atoms with Gasteiger partial charge >= 0.3 is 0 Å². The van der Waals surface area contributed by atoms with Gasteiger partial charge in [-0.2, -0.15) is 0 Å². The quantitative estimate of drug-likeness (QED) is 0.798. The van der Waals surface area contributed by atoms with Crippen LogP contribution >= 0.6 is 0 Å². The van der Waals surface area contributed by atoms with Crippen molar-refractivity contribution in [2.24, 2.45) is 0 Å². The summed E-state index contributed by atoms with van der Waals surface area (Å²) in [6.07, 6.45) is 1.05. The van der Waals surface area contributed by atoms with Crippen molar-refractivity contribution >= 4 is 11.4 Å². The molecule has 0 unspecified atom stereocenters. The maximum absolute atomic E-state index is 3.49. The van der Waals surface area contributed by atoms with E-state index in [4.69, 9.17) is 0 Å². The van der Waals surface area contributed by atoms with E-state index in [1.54, 1.807) is 0 Å². The van der Waals surface area contributed by atoms with Gasteiger partial charge in [0, 0.05) is 11.4 Å². The molecule has 0 fully saturated rings. The molecule has 0 bridgehead atoms. The second kappa shape index (κ2) is 4.84. The molecule has 0 saturated heterocycles. The van der Waals surface area contributed by atoms with Gasteiger partial charge in [0.05, 0.1) is 0 Å². The summed E-state index contributed by atoms with van der Waals surface area (Å²) in [5.41, 5.74) is 5.05. The van der Waals surface area contributed by atoms with Crippen LogP contribution in [0.2, 0.25) is 0 Å². The third-order valence-corrected chi connectivity index (χ3v) is 2.78. The van der Waals surface area contributed by atoms with Crippen LogP contribution in [0, 0.1) is 6.92 Å². The van der Waals surface area contributed by atoms with Gasteiger partial charge in [0.2, 0.25) is 0 Å². The largest absolute Gasteiger partial charge is 0.355 e. The zero-order chi connectivity index (χ0) is 11.4. The topological polar surface area (TPSA) is 12.0 Å². The summed E-state index contributed by atoms with van der Waals surface area (Å²) in [5, 5.41) is 3.49. The van der Waals surface area contributed by atoms with Crippen LogP contribution in [0.4, 0.5) is 11.4 Å². The first-order chi connectivity index (χ1) is 7.81. The van der Waals surface area contributed by atoms with E-state index >= 15 is 0 Å². The minimum Gasteiger partial charge on any atom is -0.355 e. The minimum absolute atomic E-state index is 1.05. The van der Waals surface area contributed by atoms with Gasteiger partial charge in [-0.05, 0) is 36.6 Å². The van der Waals surface area contributed by atoms with Crippen molar-refractivity contribution < 1.29 is 0 Å². The van der Waals surface area contributed by atoms with E-state index < -0.39 is 0 Å². The molecule has 0 saturated carbocycles. The third kappa shape index (κ3) is 2.25. The fourth-order valence-corrected chi connectivity index (χ4v) is 1.87. The number of para-hydroxylation sites is 2. The molecule has 0 aromatic heterocycles. The summed E-state index contributed by atoms with van der Waals surface area (Å²) in [6.45, 7) is 4.33. The van der Waals surface area contributed by atoms with Crippen LogP contribution in [0.15, 0.2) is 48.5 Å². The fraction of sp³-hybridized carbons (Fsp3) is 0.200. The Hall–Kier alpha value is -1.76. The van der Waals surface area contributed by atoms with E-state index in [-0.39, 0.29) is 0 Å². The molecule has 1 heteroatoms. The number of benzene rings is 2. The van der Waals surface area contributed by atoms with Crippen LogP contribution in [0.3, 0.4) is 0 Å². The number of nitrogens with one attached hydrogen (secondary N) is 1. The molecule has 2 rings (SSSR count). The Bertz CT molecular complexity index is 460. The second-order valence-corrected chi connectivity index (χ2v) is 3.95. The predicted octanol–water partition coefficient (Wildman–Crippen LogP) is 4.30. The summed E-state index contributed by atoms with van der Waals surface area (Å²) >= 11 is 0. The molecule has 0 radical (unpaired) electrons. The molecule has 0 heterocycles. The first-order valence-electron chi connectivity index (χ1n) is 5.72. The number of hydrogen-bond acceptors (Lipinski definition) is 1. The number of hydrogen-bond donors (Lipinski definition) is 1. The summed E-state index contributed by atoms with van der Waals surface area (Å²) in [6, 6.07) is 16.7. The highest BCUT2D eigenvalue weighted by atomic mass is 14.9. The average Bonchev–Trinajstić information content (AvgIpc) is 2.33. The molecular weight excluding hydrogens is 194 g/mol. The van der Waals surface area contributed by atoms with E-state index in [0.29, 0.717) is 0 Å². The molecule has 1 nitrogen and oxygen atoms in total. The Balaban J connectivity index is 2.34. The van der Waals surface area contributed by atoms with E-state index in [9.17, 15) is 0 Å². The molecule has 0 amide bonds. The summed E-state index contributed by atoms with van der Waals surface area (Å²) in [7, 11) is 0. The third-order valence-electron chi connectivity index (χ3n) is 2.78. The lowest BCUT2D eigenvalue weighted by Crippen LogP contribution is -1.97. The van der Waals surface area contributed by atoms with E-state index in [1.165, 1.54) is 16.8 Å². The SMILES string of the molecule is CCc1cccc(C)c1Nc1ccccc1. The van der Waals surface area contributed by atoms with Crippen LogP contribution in [0.1, 0.15) is 18.1 Å². The van der Waals surface area contributed by atoms with Gasteiger partial charge in [-0.25, -0.2) is 0 Å². The Kier molecular flexibility index (Phi) is 3.25. The molecule has 2 aromatic carbocycles. The maximum atomic E-state index is 3.49. The smallest absolute Gasteiger partial charge is 0.0446 e. The number of anilines is 2. The highest BCUT2D eigenvalue weighted by Gasteiger charge is 2.03. The highest BCUT2D eigenvalue weighted by Crippen LogP contribution is 2.24. The molecule has 2 aromatic rings. The lowest BCUT2D eigenvalue weighted by molar-refractivity contribution is 1.13. The lowest BCUT2D eigenvalue weighted by atomic mass is 10.1. The van der Waals surface area contributed by atoms with Crippen molar-refractivity contribution in [1.82, 2.24) is 0 Å². The molecule has 82 valence electrons. The maximum Gasteiger partial charge on any atom is 0.0446 e. The van der Waals surface area contributed by atoms with Crippen LogP contribution in [0.5, 0.6) is 0 Å². The van der Waals surface area contributed by atoms with Crippen LogP contribution < -0.4 is 5.32 Å². The van der Waals surface area contributed by atoms with Crippen molar-refractivity contribution in [2.75, 3.05) is 5.32 Å². The Morgan fingerprint density at radius 2 is 1.69 bits per heavy atom. The first kappa shape index (κ1) is 10.7. The summed E-state index contributed by atoms with van der Waals surface area (Å²) in [4.78, 5) is 0. The van der Waals surface area contributed by atoms with E-state index in [0.717, 1.165) is 12.1 Å². The van der Waals surface area contributed by atoms with Gasteiger partial charge in [0.1, 0.15) is 0 Å². The van der Waals surface area contributed by atoms with Crippen molar-refractivity contribution in [3.05, 3.63) is 59.7 Å². The molecule has 0 aliphatic carbocycles. The number of aryl methyl sites for hydroxylation is 2. The van der Waals surface area contributed by atoms with Crippen molar-refractivity contribution in [2.45, 2.75) is 20.3 Å². The number of rotatable bonds is 3. The zero-order valence-corrected chi connectivity index (χ0v) is 9.83. The standard InChI is InChI=1S/C15H17N/c1-3-13-9-7-8-12(2)15(13)16-14-10-5-4-6-11-14/h4-11,16H,3H2,1-2H3. The molecule has 0 aliphatic heterocycles. The molecule has 0 aliphatic rings. The zero-order valence-electron chi connectivity index (χ0n) is 9.83. The highest BCUT2D eigenvalue weighted by molar-refractivity contribution is 5.66. The Morgan fingerprint density at radius 1 is 0.938 bits per heavy atom. The van der Waals surface area contributed by atoms with Crippen molar-refractivity contribution in [3.8, 4) is 0 Å².